The molecular weight excluding hydrogens is 392 g/mol. The lowest BCUT2D eigenvalue weighted by Crippen LogP contribution is -2.36. The number of thiazole rings is 1. The van der Waals surface area contributed by atoms with Gasteiger partial charge < -0.3 is 19.7 Å². The van der Waals surface area contributed by atoms with Crippen molar-refractivity contribution in [2.75, 3.05) is 36.5 Å². The third-order valence-electron chi connectivity index (χ3n) is 4.66. The van der Waals surface area contributed by atoms with Crippen molar-refractivity contribution in [3.05, 3.63) is 47.7 Å². The van der Waals surface area contributed by atoms with Crippen LogP contribution in [0.1, 0.15) is 12.6 Å². The highest BCUT2D eigenvalue weighted by Crippen LogP contribution is 2.19. The summed E-state index contributed by atoms with van der Waals surface area (Å²) in [6.45, 7) is 4.71. The molecule has 0 radical (unpaired) electrons. The second kappa shape index (κ2) is 8.62. The van der Waals surface area contributed by atoms with E-state index in [1.54, 1.807) is 13.1 Å². The summed E-state index contributed by atoms with van der Waals surface area (Å²) in [6.07, 6.45) is 2.79. The Kier molecular flexibility index (Phi) is 5.77. The summed E-state index contributed by atoms with van der Waals surface area (Å²) in [7, 11) is 0. The quantitative estimate of drug-likeness (QED) is 0.624. The Balaban J connectivity index is 1.28. The van der Waals surface area contributed by atoms with Crippen LogP contribution in [0, 0.1) is 0 Å². The van der Waals surface area contributed by atoms with Gasteiger partial charge in [-0.05, 0) is 31.2 Å². The Morgan fingerprint density at radius 1 is 1.28 bits per heavy atom. The predicted octanol–water partition coefficient (Wildman–Crippen LogP) is 2.35. The summed E-state index contributed by atoms with van der Waals surface area (Å²) in [5.74, 6) is -0.857. The molecule has 29 heavy (non-hydrogen) atoms. The fraction of sp³-hybridized carbons (Fsp3) is 0.350. The van der Waals surface area contributed by atoms with Gasteiger partial charge >= 0.3 is 5.97 Å². The zero-order valence-electron chi connectivity index (χ0n) is 16.0. The molecule has 2 aromatic heterocycles. The molecule has 3 aromatic rings. The van der Waals surface area contributed by atoms with Crippen LogP contribution in [0.15, 0.2) is 42.0 Å². The van der Waals surface area contributed by atoms with Crippen molar-refractivity contribution in [2.24, 2.45) is 0 Å². The first-order valence-corrected chi connectivity index (χ1v) is 10.3. The van der Waals surface area contributed by atoms with E-state index in [4.69, 9.17) is 9.47 Å². The van der Waals surface area contributed by atoms with E-state index in [1.165, 1.54) is 11.3 Å². The van der Waals surface area contributed by atoms with Gasteiger partial charge in [0.1, 0.15) is 0 Å². The molecule has 0 unspecified atom stereocenters. The number of amides is 1. The summed E-state index contributed by atoms with van der Waals surface area (Å²) in [6, 6.07) is 7.61. The molecule has 3 heterocycles. The maximum Gasteiger partial charge on any atom is 0.312 e. The summed E-state index contributed by atoms with van der Waals surface area (Å²) >= 11 is 1.49. The number of nitrogens with zero attached hydrogens (tertiary/aromatic N) is 3. The Morgan fingerprint density at radius 3 is 2.76 bits per heavy atom. The van der Waals surface area contributed by atoms with Gasteiger partial charge in [-0.2, -0.15) is 0 Å². The number of rotatable bonds is 6. The monoisotopic (exact) mass is 414 g/mol. The standard InChI is InChI=1S/C20H22N4O4S/c1-14(28-18(25)12-16-13-24-8-11-29-20(24)22-16)19(26)21-15-2-4-17(5-3-15)23-6-9-27-10-7-23/h2-5,8,11,13-14H,6-7,9-10,12H2,1H3,(H,21,26)/t14-/m0/s1. The first kappa shape index (κ1) is 19.4. The van der Waals surface area contributed by atoms with Gasteiger partial charge in [-0.15, -0.1) is 11.3 Å². The van der Waals surface area contributed by atoms with Crippen LogP contribution in [-0.2, 0) is 25.5 Å². The van der Waals surface area contributed by atoms with Crippen LogP contribution in [0.4, 0.5) is 11.4 Å². The molecule has 1 N–H and O–H groups in total. The van der Waals surface area contributed by atoms with Crippen molar-refractivity contribution < 1.29 is 19.1 Å². The van der Waals surface area contributed by atoms with Gasteiger partial charge in [0.2, 0.25) is 0 Å². The SMILES string of the molecule is C[C@H](OC(=O)Cc1cn2ccsc2n1)C(=O)Nc1ccc(N2CCOCC2)cc1. The molecule has 4 rings (SSSR count). The summed E-state index contributed by atoms with van der Waals surface area (Å²) in [4.78, 5) is 31.9. The lowest BCUT2D eigenvalue weighted by molar-refractivity contribution is -0.152. The van der Waals surface area contributed by atoms with E-state index in [0.29, 0.717) is 11.4 Å². The Bertz CT molecular complexity index is 963. The number of carbonyl (C=O) groups is 2. The van der Waals surface area contributed by atoms with Gasteiger partial charge in [-0.25, -0.2) is 4.98 Å². The Morgan fingerprint density at radius 2 is 2.03 bits per heavy atom. The van der Waals surface area contributed by atoms with Crippen molar-refractivity contribution in [3.63, 3.8) is 0 Å². The van der Waals surface area contributed by atoms with E-state index in [9.17, 15) is 9.59 Å². The molecule has 1 aliphatic heterocycles. The lowest BCUT2D eigenvalue weighted by Gasteiger charge is -2.28. The fourth-order valence-corrected chi connectivity index (χ4v) is 3.84. The molecule has 0 spiro atoms. The molecule has 9 heteroatoms. The second-order valence-electron chi connectivity index (χ2n) is 6.77. The number of nitrogens with one attached hydrogen (secondary N) is 1. The average Bonchev–Trinajstić information content (AvgIpc) is 3.30. The zero-order valence-corrected chi connectivity index (χ0v) is 16.9. The molecule has 1 amide bonds. The van der Waals surface area contributed by atoms with Gasteiger partial charge in [0.25, 0.3) is 5.91 Å². The van der Waals surface area contributed by atoms with Gasteiger partial charge in [-0.1, -0.05) is 0 Å². The molecule has 8 nitrogen and oxygen atoms in total. The first-order chi connectivity index (χ1) is 14.1. The Labute approximate surface area is 172 Å². The summed E-state index contributed by atoms with van der Waals surface area (Å²) in [5, 5.41) is 4.70. The largest absolute Gasteiger partial charge is 0.452 e. The van der Waals surface area contributed by atoms with E-state index >= 15 is 0 Å². The third-order valence-corrected chi connectivity index (χ3v) is 5.43. The topological polar surface area (TPSA) is 85.2 Å². The number of hydrogen-bond acceptors (Lipinski definition) is 7. The summed E-state index contributed by atoms with van der Waals surface area (Å²) < 4.78 is 12.5. The van der Waals surface area contributed by atoms with Crippen LogP contribution in [0.3, 0.4) is 0 Å². The number of carbonyl (C=O) groups excluding carboxylic acids is 2. The number of imidazole rings is 1. The van der Waals surface area contributed by atoms with Crippen LogP contribution in [0.2, 0.25) is 0 Å². The minimum Gasteiger partial charge on any atom is -0.452 e. The molecule has 1 aliphatic rings. The van der Waals surface area contributed by atoms with E-state index in [2.05, 4.69) is 15.2 Å². The Hall–Kier alpha value is -2.91. The van der Waals surface area contributed by atoms with Crippen LogP contribution < -0.4 is 10.2 Å². The van der Waals surface area contributed by atoms with Crippen molar-refractivity contribution in [3.8, 4) is 0 Å². The number of ether oxygens (including phenoxy) is 2. The predicted molar refractivity (Wildman–Crippen MR) is 110 cm³/mol. The summed E-state index contributed by atoms with van der Waals surface area (Å²) in [5.41, 5.74) is 2.36. The molecule has 0 bridgehead atoms. The number of hydrogen-bond donors (Lipinski definition) is 1. The van der Waals surface area contributed by atoms with Gasteiger partial charge in [0.05, 0.1) is 25.3 Å². The van der Waals surface area contributed by atoms with Crippen LogP contribution >= 0.6 is 11.3 Å². The maximum atomic E-state index is 12.4. The molecule has 1 atom stereocenters. The van der Waals surface area contributed by atoms with Crippen LogP contribution in [0.25, 0.3) is 4.96 Å². The number of esters is 1. The highest BCUT2D eigenvalue weighted by Gasteiger charge is 2.19. The fourth-order valence-electron chi connectivity index (χ4n) is 3.12. The number of aromatic nitrogens is 2. The van der Waals surface area contributed by atoms with Crippen molar-refractivity contribution in [2.45, 2.75) is 19.4 Å². The van der Waals surface area contributed by atoms with E-state index in [-0.39, 0.29) is 12.3 Å². The van der Waals surface area contributed by atoms with Gasteiger partial charge in [-0.3, -0.25) is 14.0 Å². The first-order valence-electron chi connectivity index (χ1n) is 9.43. The van der Waals surface area contributed by atoms with E-state index in [0.717, 1.165) is 37.0 Å². The van der Waals surface area contributed by atoms with Crippen molar-refractivity contribution >= 4 is 39.5 Å². The van der Waals surface area contributed by atoms with Crippen molar-refractivity contribution in [1.29, 1.82) is 0 Å². The average molecular weight is 414 g/mol. The molecule has 152 valence electrons. The molecular formula is C20H22N4O4S. The molecule has 1 saturated heterocycles. The molecule has 1 aromatic carbocycles. The van der Waals surface area contributed by atoms with Gasteiger partial charge in [0.15, 0.2) is 11.1 Å². The molecule has 0 aliphatic carbocycles. The van der Waals surface area contributed by atoms with Crippen LogP contribution in [-0.4, -0.2) is 53.7 Å². The normalized spacial score (nSPS) is 15.3. The highest BCUT2D eigenvalue weighted by atomic mass is 32.1. The van der Waals surface area contributed by atoms with E-state index in [1.807, 2.05) is 40.2 Å². The maximum absolute atomic E-state index is 12.4. The second-order valence-corrected chi connectivity index (χ2v) is 7.64. The highest BCUT2D eigenvalue weighted by molar-refractivity contribution is 7.15. The third kappa shape index (κ3) is 4.75. The van der Waals surface area contributed by atoms with Crippen LogP contribution in [0.5, 0.6) is 0 Å². The number of fused-ring (bicyclic) bond motifs is 1. The number of morpholine rings is 1. The number of anilines is 2. The smallest absolute Gasteiger partial charge is 0.312 e. The minimum atomic E-state index is -0.898. The van der Waals surface area contributed by atoms with E-state index < -0.39 is 12.1 Å². The lowest BCUT2D eigenvalue weighted by atomic mass is 10.2. The van der Waals surface area contributed by atoms with Gasteiger partial charge in [0, 0.05) is 42.2 Å². The number of benzene rings is 1. The molecule has 0 saturated carbocycles. The molecule has 1 fully saturated rings. The van der Waals surface area contributed by atoms with Crippen molar-refractivity contribution in [1.82, 2.24) is 9.38 Å². The zero-order chi connectivity index (χ0) is 20.2. The minimum absolute atomic E-state index is 0.0280.